The molecule has 0 radical (unpaired) electrons. The van der Waals surface area contributed by atoms with Crippen LogP contribution in [0.15, 0.2) is 46.9 Å². The van der Waals surface area contributed by atoms with Gasteiger partial charge in [-0.25, -0.2) is 0 Å². The lowest BCUT2D eigenvalue weighted by Crippen LogP contribution is -2.25. The quantitative estimate of drug-likeness (QED) is 0.713. The number of hydrogen-bond donors (Lipinski definition) is 0. The maximum atomic E-state index is 12.2. The molecule has 0 N–H and O–H groups in total. The summed E-state index contributed by atoms with van der Waals surface area (Å²) in [5, 5.41) is 0.748. The van der Waals surface area contributed by atoms with E-state index in [-0.39, 0.29) is 5.78 Å². The number of nitrogens with zero attached hydrogens (tertiary/aromatic N) is 1. The van der Waals surface area contributed by atoms with E-state index in [4.69, 9.17) is 11.6 Å². The summed E-state index contributed by atoms with van der Waals surface area (Å²) in [4.78, 5) is 14.2. The van der Waals surface area contributed by atoms with Crippen molar-refractivity contribution in [1.29, 1.82) is 0 Å². The molecule has 0 heterocycles. The summed E-state index contributed by atoms with van der Waals surface area (Å²) in [5.74, 6) is 0.105. The Morgan fingerprint density at radius 2 is 1.86 bits per heavy atom. The second-order valence-electron chi connectivity index (χ2n) is 5.20. The van der Waals surface area contributed by atoms with Crippen LogP contribution in [0.3, 0.4) is 0 Å². The zero-order valence-corrected chi connectivity index (χ0v) is 14.4. The molecule has 4 heteroatoms. The SMILES string of the molecule is Cc1ccc(CN(C)CC(=O)c2ccc(Br)cc2)c(Cl)c1. The van der Waals surface area contributed by atoms with Crippen LogP contribution >= 0.6 is 27.5 Å². The van der Waals surface area contributed by atoms with Gasteiger partial charge in [-0.1, -0.05) is 51.8 Å². The highest BCUT2D eigenvalue weighted by atomic mass is 79.9. The first-order chi connectivity index (χ1) is 9.95. The van der Waals surface area contributed by atoms with Crippen LogP contribution in [0, 0.1) is 6.92 Å². The van der Waals surface area contributed by atoms with Gasteiger partial charge in [-0.15, -0.1) is 0 Å². The van der Waals surface area contributed by atoms with Crippen LogP contribution in [-0.2, 0) is 6.54 Å². The molecule has 0 bridgehead atoms. The number of Topliss-reactive ketones (excluding diaryl/α,β-unsaturated/α-hetero) is 1. The van der Waals surface area contributed by atoms with Crippen LogP contribution in [0.1, 0.15) is 21.5 Å². The maximum Gasteiger partial charge on any atom is 0.176 e. The molecule has 0 aliphatic carbocycles. The molecule has 0 amide bonds. The molecule has 0 aromatic heterocycles. The Morgan fingerprint density at radius 1 is 1.19 bits per heavy atom. The number of rotatable bonds is 5. The molecule has 21 heavy (non-hydrogen) atoms. The van der Waals surface area contributed by atoms with Crippen molar-refractivity contribution in [2.75, 3.05) is 13.6 Å². The lowest BCUT2D eigenvalue weighted by molar-refractivity contribution is 0.0943. The summed E-state index contributed by atoms with van der Waals surface area (Å²) in [6.07, 6.45) is 0. The summed E-state index contributed by atoms with van der Waals surface area (Å²) in [6, 6.07) is 13.4. The van der Waals surface area contributed by atoms with Crippen LogP contribution < -0.4 is 0 Å². The first kappa shape index (κ1) is 16.2. The van der Waals surface area contributed by atoms with Crippen LogP contribution in [0.25, 0.3) is 0 Å². The smallest absolute Gasteiger partial charge is 0.176 e. The van der Waals surface area contributed by atoms with Crippen molar-refractivity contribution in [1.82, 2.24) is 4.90 Å². The van der Waals surface area contributed by atoms with E-state index in [0.717, 1.165) is 26.2 Å². The molecule has 2 aromatic carbocycles. The number of hydrogen-bond acceptors (Lipinski definition) is 2. The first-order valence-corrected chi connectivity index (χ1v) is 7.85. The Bertz CT molecular complexity index is 640. The Morgan fingerprint density at radius 3 is 2.48 bits per heavy atom. The van der Waals surface area contributed by atoms with E-state index in [1.54, 1.807) is 0 Å². The molecule has 0 atom stereocenters. The third-order valence-electron chi connectivity index (χ3n) is 3.23. The number of benzene rings is 2. The molecule has 0 saturated carbocycles. The zero-order chi connectivity index (χ0) is 15.4. The van der Waals surface area contributed by atoms with Crippen LogP contribution in [0.2, 0.25) is 5.02 Å². The van der Waals surface area contributed by atoms with E-state index in [0.29, 0.717) is 13.1 Å². The molecule has 0 aliphatic rings. The van der Waals surface area contributed by atoms with Crippen LogP contribution in [0.5, 0.6) is 0 Å². The van der Waals surface area contributed by atoms with Gasteiger partial charge in [-0.2, -0.15) is 0 Å². The number of likely N-dealkylation sites (N-methyl/N-ethyl adjacent to an activating group) is 1. The molecule has 0 spiro atoms. The largest absolute Gasteiger partial charge is 0.295 e. The first-order valence-electron chi connectivity index (χ1n) is 6.68. The van der Waals surface area contributed by atoms with Crippen molar-refractivity contribution in [2.45, 2.75) is 13.5 Å². The van der Waals surface area contributed by atoms with E-state index in [1.807, 2.05) is 61.3 Å². The Kier molecular flexibility index (Phi) is 5.57. The molecule has 2 nitrogen and oxygen atoms in total. The van der Waals surface area contributed by atoms with Gasteiger partial charge in [0.15, 0.2) is 5.78 Å². The Labute approximate surface area is 138 Å². The minimum Gasteiger partial charge on any atom is -0.295 e. The van der Waals surface area contributed by atoms with Crippen molar-refractivity contribution < 1.29 is 4.79 Å². The predicted octanol–water partition coefficient (Wildman–Crippen LogP) is 4.73. The Hall–Kier alpha value is -1.16. The zero-order valence-electron chi connectivity index (χ0n) is 12.1. The van der Waals surface area contributed by atoms with Gasteiger partial charge in [-0.3, -0.25) is 9.69 Å². The minimum absolute atomic E-state index is 0.105. The summed E-state index contributed by atoms with van der Waals surface area (Å²) >= 11 is 9.59. The number of carbonyl (C=O) groups is 1. The van der Waals surface area contributed by atoms with E-state index in [1.165, 1.54) is 0 Å². The van der Waals surface area contributed by atoms with Crippen LogP contribution in [-0.4, -0.2) is 24.3 Å². The second kappa shape index (κ2) is 7.21. The highest BCUT2D eigenvalue weighted by Gasteiger charge is 2.11. The van der Waals surface area contributed by atoms with E-state index in [9.17, 15) is 4.79 Å². The third-order valence-corrected chi connectivity index (χ3v) is 4.11. The number of aryl methyl sites for hydroxylation is 1. The lowest BCUT2D eigenvalue weighted by Gasteiger charge is -2.17. The third kappa shape index (κ3) is 4.67. The summed E-state index contributed by atoms with van der Waals surface area (Å²) < 4.78 is 0.971. The molecule has 2 aromatic rings. The van der Waals surface area contributed by atoms with Gasteiger partial charge < -0.3 is 0 Å². The lowest BCUT2D eigenvalue weighted by atomic mass is 10.1. The summed E-state index contributed by atoms with van der Waals surface area (Å²) in [5.41, 5.74) is 2.89. The molecule has 0 aliphatic heterocycles. The summed E-state index contributed by atoms with van der Waals surface area (Å²) in [7, 11) is 1.92. The van der Waals surface area contributed by atoms with Gasteiger partial charge in [-0.05, 0) is 43.3 Å². The fraction of sp³-hybridized carbons (Fsp3) is 0.235. The average molecular weight is 367 g/mol. The normalized spacial score (nSPS) is 10.9. The molecule has 0 fully saturated rings. The fourth-order valence-corrected chi connectivity index (χ4v) is 2.66. The predicted molar refractivity (Wildman–Crippen MR) is 91.0 cm³/mol. The monoisotopic (exact) mass is 365 g/mol. The van der Waals surface area contributed by atoms with Gasteiger partial charge in [0.05, 0.1) is 6.54 Å². The average Bonchev–Trinajstić information content (AvgIpc) is 2.42. The van der Waals surface area contributed by atoms with Crippen molar-refractivity contribution in [2.24, 2.45) is 0 Å². The number of halogens is 2. The molecule has 0 unspecified atom stereocenters. The minimum atomic E-state index is 0.105. The fourth-order valence-electron chi connectivity index (χ4n) is 2.10. The highest BCUT2D eigenvalue weighted by molar-refractivity contribution is 9.10. The molecular formula is C17H17BrClNO. The van der Waals surface area contributed by atoms with Crippen molar-refractivity contribution in [3.05, 3.63) is 68.7 Å². The van der Waals surface area contributed by atoms with Crippen molar-refractivity contribution in [3.63, 3.8) is 0 Å². The van der Waals surface area contributed by atoms with Crippen molar-refractivity contribution >= 4 is 33.3 Å². The second-order valence-corrected chi connectivity index (χ2v) is 6.52. The number of carbonyl (C=O) groups excluding carboxylic acids is 1. The molecule has 110 valence electrons. The standard InChI is InChI=1S/C17H17BrClNO/c1-12-3-4-14(16(19)9-12)10-20(2)11-17(21)13-5-7-15(18)8-6-13/h3-9H,10-11H2,1-2H3. The molecule has 2 rings (SSSR count). The van der Waals surface area contributed by atoms with Gasteiger partial charge in [0.1, 0.15) is 0 Å². The summed E-state index contributed by atoms with van der Waals surface area (Å²) in [6.45, 7) is 3.03. The topological polar surface area (TPSA) is 20.3 Å². The van der Waals surface area contributed by atoms with E-state index >= 15 is 0 Å². The van der Waals surface area contributed by atoms with E-state index in [2.05, 4.69) is 15.9 Å². The molecule has 0 saturated heterocycles. The van der Waals surface area contributed by atoms with Crippen LogP contribution in [0.4, 0.5) is 0 Å². The maximum absolute atomic E-state index is 12.2. The Balaban J connectivity index is 1.99. The van der Waals surface area contributed by atoms with E-state index < -0.39 is 0 Å². The highest BCUT2D eigenvalue weighted by Crippen LogP contribution is 2.19. The number of ketones is 1. The van der Waals surface area contributed by atoms with Gasteiger partial charge in [0.25, 0.3) is 0 Å². The molecular weight excluding hydrogens is 350 g/mol. The van der Waals surface area contributed by atoms with Crippen molar-refractivity contribution in [3.8, 4) is 0 Å². The van der Waals surface area contributed by atoms with Gasteiger partial charge in [0, 0.05) is 21.6 Å². The van der Waals surface area contributed by atoms with Gasteiger partial charge in [0.2, 0.25) is 0 Å². The van der Waals surface area contributed by atoms with Gasteiger partial charge >= 0.3 is 0 Å².